The molecule has 5 heteroatoms. The van der Waals surface area contributed by atoms with Gasteiger partial charge in [-0.1, -0.05) is 6.07 Å². The average molecular weight is 239 g/mol. The van der Waals surface area contributed by atoms with Crippen molar-refractivity contribution < 1.29 is 19.0 Å². The van der Waals surface area contributed by atoms with E-state index in [1.807, 2.05) is 6.07 Å². The number of rotatable bonds is 6. The van der Waals surface area contributed by atoms with E-state index in [0.29, 0.717) is 12.1 Å². The highest BCUT2D eigenvalue weighted by molar-refractivity contribution is 5.90. The number of anilines is 1. The van der Waals surface area contributed by atoms with Gasteiger partial charge in [-0.3, -0.25) is 0 Å². The first-order valence-electron chi connectivity index (χ1n) is 5.19. The Kier molecular flexibility index (Phi) is 5.45. The van der Waals surface area contributed by atoms with E-state index in [1.165, 1.54) is 7.11 Å². The fourth-order valence-corrected chi connectivity index (χ4v) is 1.34. The Morgan fingerprint density at radius 3 is 2.59 bits per heavy atom. The summed E-state index contributed by atoms with van der Waals surface area (Å²) < 4.78 is 14.7. The Morgan fingerprint density at radius 1 is 1.29 bits per heavy atom. The third-order valence-corrected chi connectivity index (χ3v) is 2.28. The van der Waals surface area contributed by atoms with Gasteiger partial charge in [0.15, 0.2) is 6.29 Å². The smallest absolute Gasteiger partial charge is 0.337 e. The van der Waals surface area contributed by atoms with Gasteiger partial charge in [-0.2, -0.15) is 0 Å². The van der Waals surface area contributed by atoms with E-state index in [1.54, 1.807) is 32.4 Å². The van der Waals surface area contributed by atoms with Gasteiger partial charge in [0.25, 0.3) is 0 Å². The number of nitrogens with one attached hydrogen (secondary N) is 1. The summed E-state index contributed by atoms with van der Waals surface area (Å²) in [6.45, 7) is 0.498. The molecule has 17 heavy (non-hydrogen) atoms. The van der Waals surface area contributed by atoms with Crippen LogP contribution in [0.25, 0.3) is 0 Å². The van der Waals surface area contributed by atoms with Gasteiger partial charge in [0.1, 0.15) is 0 Å². The monoisotopic (exact) mass is 239 g/mol. The molecule has 5 nitrogen and oxygen atoms in total. The Morgan fingerprint density at radius 2 is 2.00 bits per heavy atom. The first-order chi connectivity index (χ1) is 8.21. The summed E-state index contributed by atoms with van der Waals surface area (Å²) in [6.07, 6.45) is -0.322. The Bertz CT molecular complexity index is 363. The number of benzene rings is 1. The lowest BCUT2D eigenvalue weighted by molar-refractivity contribution is -0.0914. The molecular formula is C12H17NO4. The Labute approximate surface area is 101 Å². The lowest BCUT2D eigenvalue weighted by Crippen LogP contribution is -2.23. The maximum atomic E-state index is 11.3. The molecule has 1 aromatic carbocycles. The van der Waals surface area contributed by atoms with E-state index in [2.05, 4.69) is 10.1 Å². The summed E-state index contributed by atoms with van der Waals surface area (Å²) in [5.74, 6) is -0.358. The minimum atomic E-state index is -0.358. The summed E-state index contributed by atoms with van der Waals surface area (Å²) in [7, 11) is 4.50. The molecule has 0 bridgehead atoms. The molecule has 0 radical (unpaired) electrons. The first kappa shape index (κ1) is 13.5. The van der Waals surface area contributed by atoms with Gasteiger partial charge in [-0.25, -0.2) is 4.79 Å². The van der Waals surface area contributed by atoms with E-state index in [0.717, 1.165) is 5.69 Å². The van der Waals surface area contributed by atoms with Crippen LogP contribution in [0.2, 0.25) is 0 Å². The molecule has 0 aliphatic carbocycles. The van der Waals surface area contributed by atoms with Crippen molar-refractivity contribution in [3.05, 3.63) is 29.8 Å². The summed E-state index contributed by atoms with van der Waals surface area (Å²) in [5, 5.41) is 3.11. The van der Waals surface area contributed by atoms with Crippen molar-refractivity contribution in [1.82, 2.24) is 0 Å². The molecule has 1 aromatic rings. The van der Waals surface area contributed by atoms with Crippen molar-refractivity contribution >= 4 is 11.7 Å². The van der Waals surface area contributed by atoms with Crippen LogP contribution in [0.15, 0.2) is 24.3 Å². The average Bonchev–Trinajstić information content (AvgIpc) is 2.39. The maximum absolute atomic E-state index is 11.3. The van der Waals surface area contributed by atoms with Crippen molar-refractivity contribution in [2.24, 2.45) is 0 Å². The van der Waals surface area contributed by atoms with Crippen LogP contribution in [0, 0.1) is 0 Å². The quantitative estimate of drug-likeness (QED) is 0.602. The van der Waals surface area contributed by atoms with Crippen LogP contribution in [0.5, 0.6) is 0 Å². The van der Waals surface area contributed by atoms with Crippen molar-refractivity contribution in [1.29, 1.82) is 0 Å². The number of hydrogen-bond donors (Lipinski definition) is 1. The van der Waals surface area contributed by atoms with Gasteiger partial charge in [-0.15, -0.1) is 0 Å². The molecule has 0 aliphatic rings. The minimum absolute atomic E-state index is 0.322. The molecule has 0 aromatic heterocycles. The molecule has 0 saturated carbocycles. The predicted octanol–water partition coefficient (Wildman–Crippen LogP) is 1.50. The number of carbonyl (C=O) groups excluding carboxylic acids is 1. The molecule has 0 saturated heterocycles. The molecule has 0 aliphatic heterocycles. The summed E-state index contributed by atoms with van der Waals surface area (Å²) in [5.41, 5.74) is 1.32. The Balaban J connectivity index is 2.62. The highest BCUT2D eigenvalue weighted by Crippen LogP contribution is 2.11. The van der Waals surface area contributed by atoms with Crippen molar-refractivity contribution in [2.75, 3.05) is 33.2 Å². The standard InChI is InChI=1S/C12H17NO4/c1-15-11(16-2)8-13-10-6-4-5-9(7-10)12(14)17-3/h4-7,11,13H,8H2,1-3H3. The zero-order valence-electron chi connectivity index (χ0n) is 10.2. The fourth-order valence-electron chi connectivity index (χ4n) is 1.34. The van der Waals surface area contributed by atoms with Gasteiger partial charge in [0.2, 0.25) is 0 Å². The molecule has 94 valence electrons. The molecule has 0 atom stereocenters. The van der Waals surface area contributed by atoms with Gasteiger partial charge in [-0.05, 0) is 18.2 Å². The molecule has 1 rings (SSSR count). The van der Waals surface area contributed by atoms with Crippen molar-refractivity contribution in [2.45, 2.75) is 6.29 Å². The molecule has 0 spiro atoms. The van der Waals surface area contributed by atoms with Gasteiger partial charge in [0.05, 0.1) is 19.2 Å². The lowest BCUT2D eigenvalue weighted by atomic mass is 10.2. The molecule has 0 unspecified atom stereocenters. The van der Waals surface area contributed by atoms with Crippen LogP contribution in [0.3, 0.4) is 0 Å². The zero-order valence-corrected chi connectivity index (χ0v) is 10.2. The third kappa shape index (κ3) is 4.05. The topological polar surface area (TPSA) is 56.8 Å². The van der Waals surface area contributed by atoms with Crippen LogP contribution in [0.4, 0.5) is 5.69 Å². The van der Waals surface area contributed by atoms with Crippen molar-refractivity contribution in [3.63, 3.8) is 0 Å². The fraction of sp³-hybridized carbons (Fsp3) is 0.417. The molecule has 0 fully saturated rings. The van der Waals surface area contributed by atoms with E-state index >= 15 is 0 Å². The first-order valence-corrected chi connectivity index (χ1v) is 5.19. The third-order valence-electron chi connectivity index (χ3n) is 2.28. The van der Waals surface area contributed by atoms with Crippen LogP contribution >= 0.6 is 0 Å². The van der Waals surface area contributed by atoms with Gasteiger partial charge < -0.3 is 19.5 Å². The molecule has 0 heterocycles. The summed E-state index contributed by atoms with van der Waals surface area (Å²) >= 11 is 0. The van der Waals surface area contributed by atoms with Crippen LogP contribution in [0.1, 0.15) is 10.4 Å². The Hall–Kier alpha value is -1.59. The number of esters is 1. The van der Waals surface area contributed by atoms with Crippen LogP contribution < -0.4 is 5.32 Å². The number of methoxy groups -OCH3 is 3. The van der Waals surface area contributed by atoms with E-state index < -0.39 is 0 Å². The van der Waals surface area contributed by atoms with E-state index in [9.17, 15) is 4.79 Å². The highest BCUT2D eigenvalue weighted by Gasteiger charge is 2.07. The largest absolute Gasteiger partial charge is 0.465 e. The minimum Gasteiger partial charge on any atom is -0.465 e. The van der Waals surface area contributed by atoms with Gasteiger partial charge in [0, 0.05) is 19.9 Å². The van der Waals surface area contributed by atoms with E-state index in [-0.39, 0.29) is 12.3 Å². The SMILES string of the molecule is COC(=O)c1cccc(NCC(OC)OC)c1. The molecule has 1 N–H and O–H groups in total. The molecular weight excluding hydrogens is 222 g/mol. The zero-order chi connectivity index (χ0) is 12.7. The molecule has 0 amide bonds. The second kappa shape index (κ2) is 6.88. The second-order valence-electron chi connectivity index (χ2n) is 3.35. The number of hydrogen-bond acceptors (Lipinski definition) is 5. The predicted molar refractivity (Wildman–Crippen MR) is 64.1 cm³/mol. The second-order valence-corrected chi connectivity index (χ2v) is 3.35. The number of carbonyl (C=O) groups is 1. The normalized spacial score (nSPS) is 10.4. The van der Waals surface area contributed by atoms with Crippen LogP contribution in [-0.4, -0.2) is 40.1 Å². The van der Waals surface area contributed by atoms with Crippen LogP contribution in [-0.2, 0) is 14.2 Å². The highest BCUT2D eigenvalue weighted by atomic mass is 16.7. The summed E-state index contributed by atoms with van der Waals surface area (Å²) in [6, 6.07) is 7.05. The number of ether oxygens (including phenoxy) is 3. The summed E-state index contributed by atoms with van der Waals surface area (Å²) in [4.78, 5) is 11.3. The van der Waals surface area contributed by atoms with Crippen molar-refractivity contribution in [3.8, 4) is 0 Å². The maximum Gasteiger partial charge on any atom is 0.337 e. The van der Waals surface area contributed by atoms with Gasteiger partial charge >= 0.3 is 5.97 Å². The lowest BCUT2D eigenvalue weighted by Gasteiger charge is -2.15. The van der Waals surface area contributed by atoms with E-state index in [4.69, 9.17) is 9.47 Å².